The first kappa shape index (κ1) is 14.4. The number of H-pyrrole nitrogens is 1. The van der Waals surface area contributed by atoms with Crippen molar-refractivity contribution in [2.45, 2.75) is 58.9 Å². The van der Waals surface area contributed by atoms with E-state index in [0.717, 1.165) is 25.7 Å². The molecule has 1 aromatic heterocycles. The Balaban J connectivity index is 2.51. The highest BCUT2D eigenvalue weighted by Gasteiger charge is 2.31. The van der Waals surface area contributed by atoms with Crippen LogP contribution in [0.15, 0.2) is 9.59 Å². The van der Waals surface area contributed by atoms with E-state index in [1.807, 2.05) is 6.92 Å². The predicted molar refractivity (Wildman–Crippen MR) is 77.0 cm³/mol. The Kier molecular flexibility index (Phi) is 3.90. The third kappa shape index (κ3) is 2.78. The number of aromatic nitrogens is 2. The van der Waals surface area contributed by atoms with E-state index in [0.29, 0.717) is 12.0 Å². The Labute approximate surface area is 117 Å². The van der Waals surface area contributed by atoms with Crippen molar-refractivity contribution in [1.29, 1.82) is 0 Å². The lowest BCUT2D eigenvalue weighted by Crippen LogP contribution is -2.42. The van der Waals surface area contributed by atoms with Crippen LogP contribution in [0, 0.1) is 5.41 Å². The summed E-state index contributed by atoms with van der Waals surface area (Å²) in [6, 6.07) is -0.0115. The summed E-state index contributed by atoms with van der Waals surface area (Å²) in [6.45, 7) is 6.25. The van der Waals surface area contributed by atoms with Gasteiger partial charge < -0.3 is 0 Å². The average molecular weight is 285 g/mol. The van der Waals surface area contributed by atoms with E-state index in [9.17, 15) is 9.59 Å². The Morgan fingerprint density at radius 2 is 2.11 bits per heavy atom. The summed E-state index contributed by atoms with van der Waals surface area (Å²) in [5.74, 6) is 0. The summed E-state index contributed by atoms with van der Waals surface area (Å²) in [4.78, 5) is 27.1. The fraction of sp³-hybridized carbons (Fsp3) is 0.714. The van der Waals surface area contributed by atoms with Crippen LogP contribution < -0.4 is 11.2 Å². The SMILES string of the molecule is CCc1c(Cl)[nH]c(=O)n(C2CCCC(C)(C)C2)c1=O. The first-order chi connectivity index (χ1) is 8.85. The van der Waals surface area contributed by atoms with Crippen molar-refractivity contribution in [3.8, 4) is 0 Å². The predicted octanol–water partition coefficient (Wildman–Crippen LogP) is 2.89. The first-order valence-corrected chi connectivity index (χ1v) is 7.26. The van der Waals surface area contributed by atoms with Crippen molar-refractivity contribution < 1.29 is 0 Å². The average Bonchev–Trinajstić information content (AvgIpc) is 2.27. The van der Waals surface area contributed by atoms with E-state index in [1.54, 1.807) is 0 Å². The molecule has 106 valence electrons. The minimum absolute atomic E-state index is 0.0115. The number of nitrogens with one attached hydrogen (secondary N) is 1. The standard InChI is InChI=1S/C14H21ClN2O2/c1-4-10-11(15)16-13(19)17(12(10)18)9-6-5-7-14(2,3)8-9/h9H,4-8H2,1-3H3,(H,16,19). The fourth-order valence-electron chi connectivity index (χ4n) is 3.08. The van der Waals surface area contributed by atoms with Gasteiger partial charge in [-0.3, -0.25) is 14.3 Å². The van der Waals surface area contributed by atoms with Gasteiger partial charge in [0, 0.05) is 6.04 Å². The molecule has 1 N–H and O–H groups in total. The van der Waals surface area contributed by atoms with Crippen LogP contribution in [0.5, 0.6) is 0 Å². The first-order valence-electron chi connectivity index (χ1n) is 6.89. The van der Waals surface area contributed by atoms with Gasteiger partial charge in [0.2, 0.25) is 0 Å². The summed E-state index contributed by atoms with van der Waals surface area (Å²) < 4.78 is 1.38. The normalized spacial score (nSPS) is 22.4. The molecule has 0 spiro atoms. The zero-order valence-corrected chi connectivity index (χ0v) is 12.5. The second-order valence-electron chi connectivity index (χ2n) is 6.17. The molecule has 0 aromatic carbocycles. The van der Waals surface area contributed by atoms with Gasteiger partial charge in [0.15, 0.2) is 0 Å². The Hall–Kier alpha value is -1.03. The fourth-order valence-corrected chi connectivity index (χ4v) is 3.37. The van der Waals surface area contributed by atoms with Crippen LogP contribution in [0.3, 0.4) is 0 Å². The van der Waals surface area contributed by atoms with Crippen LogP contribution in [0.2, 0.25) is 5.15 Å². The lowest BCUT2D eigenvalue weighted by atomic mass is 9.75. The van der Waals surface area contributed by atoms with Crippen molar-refractivity contribution in [3.05, 3.63) is 31.6 Å². The second kappa shape index (κ2) is 5.16. The van der Waals surface area contributed by atoms with Crippen LogP contribution in [-0.2, 0) is 6.42 Å². The molecule has 1 aliphatic carbocycles. The largest absolute Gasteiger partial charge is 0.329 e. The maximum atomic E-state index is 12.4. The topological polar surface area (TPSA) is 54.9 Å². The lowest BCUT2D eigenvalue weighted by molar-refractivity contribution is 0.177. The molecule has 0 aliphatic heterocycles. The molecule has 19 heavy (non-hydrogen) atoms. The molecule has 1 fully saturated rings. The van der Waals surface area contributed by atoms with E-state index < -0.39 is 0 Å². The van der Waals surface area contributed by atoms with Gasteiger partial charge in [-0.2, -0.15) is 0 Å². The van der Waals surface area contributed by atoms with Gasteiger partial charge in [-0.05, 0) is 31.1 Å². The summed E-state index contributed by atoms with van der Waals surface area (Å²) in [5.41, 5.74) is 0.0827. The maximum Gasteiger partial charge on any atom is 0.329 e. The molecule has 1 heterocycles. The van der Waals surface area contributed by atoms with Crippen LogP contribution in [0.4, 0.5) is 0 Å². The van der Waals surface area contributed by atoms with E-state index in [1.165, 1.54) is 4.57 Å². The molecule has 2 rings (SSSR count). The van der Waals surface area contributed by atoms with Gasteiger partial charge in [0.25, 0.3) is 5.56 Å². The highest BCUT2D eigenvalue weighted by molar-refractivity contribution is 6.30. The zero-order chi connectivity index (χ0) is 14.2. The summed E-state index contributed by atoms with van der Waals surface area (Å²) in [5, 5.41) is 0.184. The lowest BCUT2D eigenvalue weighted by Gasteiger charge is -2.35. The molecule has 1 unspecified atom stereocenters. The zero-order valence-electron chi connectivity index (χ0n) is 11.8. The molecule has 0 amide bonds. The molecular formula is C14H21ClN2O2. The molecule has 1 atom stereocenters. The van der Waals surface area contributed by atoms with Crippen LogP contribution in [0.1, 0.15) is 58.1 Å². The molecular weight excluding hydrogens is 264 g/mol. The molecule has 1 saturated carbocycles. The van der Waals surface area contributed by atoms with Gasteiger partial charge in [-0.15, -0.1) is 0 Å². The quantitative estimate of drug-likeness (QED) is 0.849. The van der Waals surface area contributed by atoms with Gasteiger partial charge in [-0.25, -0.2) is 4.79 Å². The second-order valence-corrected chi connectivity index (χ2v) is 6.54. The number of rotatable bonds is 2. The van der Waals surface area contributed by atoms with Crippen molar-refractivity contribution >= 4 is 11.6 Å². The van der Waals surface area contributed by atoms with Crippen molar-refractivity contribution in [1.82, 2.24) is 9.55 Å². The number of hydrogen-bond acceptors (Lipinski definition) is 2. The Morgan fingerprint density at radius 1 is 1.42 bits per heavy atom. The van der Waals surface area contributed by atoms with Gasteiger partial charge in [-0.1, -0.05) is 38.8 Å². The Morgan fingerprint density at radius 3 is 2.68 bits per heavy atom. The number of halogens is 1. The summed E-state index contributed by atoms with van der Waals surface area (Å²) >= 11 is 5.93. The van der Waals surface area contributed by atoms with Crippen LogP contribution in [0.25, 0.3) is 0 Å². The molecule has 0 saturated heterocycles. The molecule has 1 aliphatic rings. The van der Waals surface area contributed by atoms with Crippen LogP contribution >= 0.6 is 11.6 Å². The highest BCUT2D eigenvalue weighted by Crippen LogP contribution is 2.39. The van der Waals surface area contributed by atoms with Crippen molar-refractivity contribution in [2.75, 3.05) is 0 Å². The van der Waals surface area contributed by atoms with Gasteiger partial charge in [0.1, 0.15) is 5.15 Å². The molecule has 0 radical (unpaired) electrons. The van der Waals surface area contributed by atoms with Gasteiger partial charge in [0.05, 0.1) is 5.56 Å². The number of nitrogens with zero attached hydrogens (tertiary/aromatic N) is 1. The Bertz CT molecular complexity index is 586. The van der Waals surface area contributed by atoms with E-state index in [4.69, 9.17) is 11.6 Å². The van der Waals surface area contributed by atoms with E-state index in [-0.39, 0.29) is 27.9 Å². The van der Waals surface area contributed by atoms with Crippen LogP contribution in [-0.4, -0.2) is 9.55 Å². The molecule has 0 bridgehead atoms. The third-order valence-electron chi connectivity index (χ3n) is 4.08. The third-order valence-corrected chi connectivity index (χ3v) is 4.40. The molecule has 5 heteroatoms. The summed E-state index contributed by atoms with van der Waals surface area (Å²) in [6.07, 6.45) is 4.47. The van der Waals surface area contributed by atoms with Crippen molar-refractivity contribution in [2.24, 2.45) is 5.41 Å². The molecule has 1 aromatic rings. The molecule has 4 nitrogen and oxygen atoms in total. The minimum Gasteiger partial charge on any atom is -0.297 e. The number of hydrogen-bond donors (Lipinski definition) is 1. The smallest absolute Gasteiger partial charge is 0.297 e. The summed E-state index contributed by atoms with van der Waals surface area (Å²) in [7, 11) is 0. The monoisotopic (exact) mass is 284 g/mol. The maximum absolute atomic E-state index is 12.4. The van der Waals surface area contributed by atoms with E-state index >= 15 is 0 Å². The minimum atomic E-state index is -0.380. The number of aromatic amines is 1. The van der Waals surface area contributed by atoms with Gasteiger partial charge >= 0.3 is 5.69 Å². The van der Waals surface area contributed by atoms with E-state index in [2.05, 4.69) is 18.8 Å². The van der Waals surface area contributed by atoms with Crippen molar-refractivity contribution in [3.63, 3.8) is 0 Å². The highest BCUT2D eigenvalue weighted by atomic mass is 35.5.